The first kappa shape index (κ1) is 36.1. The molecule has 14 heteroatoms. The number of hydrogen-bond acceptors (Lipinski definition) is 6. The normalized spacial score (nSPS) is 19.4. The van der Waals surface area contributed by atoms with Gasteiger partial charge in [-0.2, -0.15) is 26.3 Å². The van der Waals surface area contributed by atoms with Gasteiger partial charge in [0.05, 0.1) is 11.4 Å². The molecule has 2 aliphatic rings. The van der Waals surface area contributed by atoms with Crippen LogP contribution in [-0.4, -0.2) is 98.4 Å². The second kappa shape index (κ2) is 15.4. The molecule has 1 saturated heterocycles. The molecule has 0 aliphatic carbocycles. The molecule has 2 aromatic carbocycles. The van der Waals surface area contributed by atoms with Crippen LogP contribution >= 0.6 is 0 Å². The summed E-state index contributed by atoms with van der Waals surface area (Å²) in [5, 5.41) is 2.42. The number of nitrogens with zero attached hydrogens (tertiary/aromatic N) is 4. The highest BCUT2D eigenvalue weighted by molar-refractivity contribution is 6.20. The number of benzodiazepines with no additional fused rings is 1. The maximum atomic E-state index is 13.9. The van der Waals surface area contributed by atoms with E-state index in [-0.39, 0.29) is 13.0 Å². The smallest absolute Gasteiger partial charge is 0.326 e. The molecule has 47 heavy (non-hydrogen) atoms. The molecule has 3 atom stereocenters. The number of ketones is 1. The first-order chi connectivity index (χ1) is 22.1. The van der Waals surface area contributed by atoms with Gasteiger partial charge in [0, 0.05) is 82.0 Å². The number of carbonyl (C=O) groups excluding carboxylic acids is 3. The number of anilines is 1. The van der Waals surface area contributed by atoms with Gasteiger partial charge in [-0.25, -0.2) is 4.99 Å². The number of para-hydroxylation sites is 1. The monoisotopic (exact) mass is 667 g/mol. The molecule has 0 bridgehead atoms. The molecular weight excluding hydrogens is 628 g/mol. The van der Waals surface area contributed by atoms with Crippen molar-refractivity contribution >= 4 is 29.0 Å². The Morgan fingerprint density at radius 2 is 1.43 bits per heavy atom. The van der Waals surface area contributed by atoms with Crippen molar-refractivity contribution in [2.24, 2.45) is 16.8 Å². The molecule has 2 aliphatic heterocycles. The number of amides is 2. The van der Waals surface area contributed by atoms with Crippen LogP contribution in [0.25, 0.3) is 0 Å². The van der Waals surface area contributed by atoms with E-state index in [0.29, 0.717) is 35.6 Å². The van der Waals surface area contributed by atoms with Crippen LogP contribution in [0.1, 0.15) is 43.2 Å². The molecule has 0 saturated carbocycles. The summed E-state index contributed by atoms with van der Waals surface area (Å²) in [5.41, 5.74) is 1.95. The van der Waals surface area contributed by atoms with E-state index in [1.54, 1.807) is 54.6 Å². The Labute approximate surface area is 269 Å². The lowest BCUT2D eigenvalue weighted by molar-refractivity contribution is -0.152. The van der Waals surface area contributed by atoms with Gasteiger partial charge < -0.3 is 20.0 Å². The third kappa shape index (κ3) is 10.1. The highest BCUT2D eigenvalue weighted by atomic mass is 19.4. The minimum atomic E-state index is -4.74. The molecule has 0 aromatic heterocycles. The molecule has 2 heterocycles. The Morgan fingerprint density at radius 3 is 2.04 bits per heavy atom. The first-order valence-corrected chi connectivity index (χ1v) is 15.5. The van der Waals surface area contributed by atoms with Crippen molar-refractivity contribution in [3.05, 3.63) is 65.7 Å². The van der Waals surface area contributed by atoms with Crippen LogP contribution in [0.15, 0.2) is 59.6 Å². The van der Waals surface area contributed by atoms with Crippen LogP contribution in [0.5, 0.6) is 0 Å². The van der Waals surface area contributed by atoms with E-state index in [4.69, 9.17) is 0 Å². The Balaban J connectivity index is 1.66. The lowest BCUT2D eigenvalue weighted by Gasteiger charge is -2.33. The minimum Gasteiger partial charge on any atom is -0.326 e. The van der Waals surface area contributed by atoms with Gasteiger partial charge in [-0.3, -0.25) is 14.4 Å². The second-order valence-electron chi connectivity index (χ2n) is 12.1. The van der Waals surface area contributed by atoms with Crippen molar-refractivity contribution in [2.75, 3.05) is 51.7 Å². The van der Waals surface area contributed by atoms with E-state index >= 15 is 0 Å². The van der Waals surface area contributed by atoms with E-state index in [0.717, 1.165) is 13.1 Å². The van der Waals surface area contributed by atoms with Crippen molar-refractivity contribution in [3.8, 4) is 0 Å². The lowest BCUT2D eigenvalue weighted by atomic mass is 9.80. The van der Waals surface area contributed by atoms with Gasteiger partial charge in [-0.1, -0.05) is 48.5 Å². The molecule has 0 spiro atoms. The van der Waals surface area contributed by atoms with Crippen LogP contribution in [0, 0.1) is 11.8 Å². The second-order valence-corrected chi connectivity index (χ2v) is 12.1. The third-order valence-electron chi connectivity index (χ3n) is 8.65. The molecular formula is C33H39F6N5O3. The third-order valence-corrected chi connectivity index (χ3v) is 8.65. The Morgan fingerprint density at radius 1 is 0.851 bits per heavy atom. The summed E-state index contributed by atoms with van der Waals surface area (Å²) >= 11 is 0. The van der Waals surface area contributed by atoms with Gasteiger partial charge in [0.1, 0.15) is 5.78 Å². The number of aliphatic imine (C=N–C) groups is 1. The molecule has 4 rings (SSSR count). The molecule has 2 amide bonds. The topological polar surface area (TPSA) is 85.3 Å². The Bertz CT molecular complexity index is 1420. The van der Waals surface area contributed by atoms with Gasteiger partial charge in [-0.05, 0) is 26.0 Å². The van der Waals surface area contributed by atoms with E-state index in [2.05, 4.69) is 15.2 Å². The quantitative estimate of drug-likeness (QED) is 0.320. The molecule has 0 unspecified atom stereocenters. The highest BCUT2D eigenvalue weighted by Crippen LogP contribution is 2.34. The van der Waals surface area contributed by atoms with Crippen LogP contribution in [-0.2, 0) is 14.4 Å². The fraction of sp³-hybridized carbons (Fsp3) is 0.515. The van der Waals surface area contributed by atoms with Crippen molar-refractivity contribution in [1.29, 1.82) is 0 Å². The van der Waals surface area contributed by atoms with Gasteiger partial charge in [0.2, 0.25) is 12.1 Å². The number of piperazine rings is 1. The number of Topliss-reactive ketones (excluding diaryl/α,β-unsaturated/α-hetero) is 1. The number of benzene rings is 2. The molecule has 1 fully saturated rings. The summed E-state index contributed by atoms with van der Waals surface area (Å²) < 4.78 is 80.6. The highest BCUT2D eigenvalue weighted by Gasteiger charge is 2.41. The summed E-state index contributed by atoms with van der Waals surface area (Å²) in [6.07, 6.45) is -16.0. The van der Waals surface area contributed by atoms with E-state index < -0.39 is 73.6 Å². The fourth-order valence-corrected chi connectivity index (χ4v) is 5.95. The van der Waals surface area contributed by atoms with E-state index in [9.17, 15) is 40.7 Å². The summed E-state index contributed by atoms with van der Waals surface area (Å²) in [6, 6.07) is 15.6. The van der Waals surface area contributed by atoms with Crippen molar-refractivity contribution in [2.45, 2.75) is 50.6 Å². The standard InChI is InChI=1S/C33H39F6N5O3/c1-42-18-20-44(21-19-42)17-14-27(45)23(12-15-32(34,35)36)24(13-16-33(37,38)39)30(46)41-29-31(47)43(2)26-11-7-6-10-25(26)28(40-29)22-8-4-3-5-9-22/h3-11,23-24,29H,12-21H2,1-2H3,(H,41,46)/t23-,24+,29+/m0/s1. The number of fused-ring (bicyclic) bond motifs is 1. The zero-order valence-corrected chi connectivity index (χ0v) is 26.3. The maximum absolute atomic E-state index is 13.9. The maximum Gasteiger partial charge on any atom is 0.389 e. The summed E-state index contributed by atoms with van der Waals surface area (Å²) in [5.74, 6) is -6.00. The van der Waals surface area contributed by atoms with Crippen LogP contribution < -0.4 is 10.2 Å². The molecule has 8 nitrogen and oxygen atoms in total. The molecule has 0 radical (unpaired) electrons. The van der Waals surface area contributed by atoms with Gasteiger partial charge in [-0.15, -0.1) is 0 Å². The number of likely N-dealkylation sites (N-methyl/N-ethyl adjacent to an activating group) is 2. The SMILES string of the molecule is CN1CCN(CCC(=O)[C@@H](CCC(F)(F)F)[C@@H](CCC(F)(F)F)C(=O)N[C@H]2N=C(c3ccccc3)c3ccccc3N(C)C2=O)CC1. The predicted octanol–water partition coefficient (Wildman–Crippen LogP) is 5.07. The summed E-state index contributed by atoms with van der Waals surface area (Å²) in [6.45, 7) is 2.90. The van der Waals surface area contributed by atoms with Crippen molar-refractivity contribution in [3.63, 3.8) is 0 Å². The first-order valence-electron chi connectivity index (χ1n) is 15.5. The minimum absolute atomic E-state index is 0.206. The largest absolute Gasteiger partial charge is 0.389 e. The molecule has 1 N–H and O–H groups in total. The van der Waals surface area contributed by atoms with Gasteiger partial charge in [0.15, 0.2) is 0 Å². The molecule has 2 aromatic rings. The number of carbonyl (C=O) groups is 3. The molecule has 256 valence electrons. The van der Waals surface area contributed by atoms with Gasteiger partial charge >= 0.3 is 12.4 Å². The van der Waals surface area contributed by atoms with Crippen molar-refractivity contribution in [1.82, 2.24) is 15.1 Å². The Kier molecular flexibility index (Phi) is 11.8. The Hall–Kier alpha value is -3.78. The predicted molar refractivity (Wildman–Crippen MR) is 165 cm³/mol. The van der Waals surface area contributed by atoms with E-state index in [1.165, 1.54) is 11.9 Å². The van der Waals surface area contributed by atoms with Crippen LogP contribution in [0.3, 0.4) is 0 Å². The summed E-state index contributed by atoms with van der Waals surface area (Å²) in [4.78, 5) is 50.8. The fourth-order valence-electron chi connectivity index (χ4n) is 5.95. The van der Waals surface area contributed by atoms with Crippen molar-refractivity contribution < 1.29 is 40.7 Å². The zero-order valence-electron chi connectivity index (χ0n) is 26.3. The van der Waals surface area contributed by atoms with Gasteiger partial charge in [0.25, 0.3) is 5.91 Å². The number of halogens is 6. The summed E-state index contributed by atoms with van der Waals surface area (Å²) in [7, 11) is 3.39. The van der Waals surface area contributed by atoms with Crippen LogP contribution in [0.4, 0.5) is 32.0 Å². The van der Waals surface area contributed by atoms with E-state index in [1.807, 2.05) is 11.9 Å². The zero-order chi connectivity index (χ0) is 34.4. The number of nitrogens with one attached hydrogen (secondary N) is 1. The number of rotatable bonds is 12. The average molecular weight is 668 g/mol. The lowest BCUT2D eigenvalue weighted by Crippen LogP contribution is -2.50. The number of hydrogen-bond donors (Lipinski definition) is 1. The van der Waals surface area contributed by atoms with Crippen LogP contribution in [0.2, 0.25) is 0 Å². The average Bonchev–Trinajstić information content (AvgIpc) is 3.12. The number of alkyl halides is 6.